The summed E-state index contributed by atoms with van der Waals surface area (Å²) in [5, 5.41) is 10.1. The Hall–Kier alpha value is -1.26. The van der Waals surface area contributed by atoms with Gasteiger partial charge >= 0.3 is 0 Å². The number of benzene rings is 1. The summed E-state index contributed by atoms with van der Waals surface area (Å²) in [7, 11) is 5.68. The molecule has 0 atom stereocenters. The normalized spacial score (nSPS) is 11.4. The van der Waals surface area contributed by atoms with Crippen molar-refractivity contribution in [3.8, 4) is 23.0 Å². The van der Waals surface area contributed by atoms with Crippen molar-refractivity contribution >= 4 is 15.9 Å². The fraction of sp³-hybridized carbons (Fsp3) is 0.571. The number of phenolic OH excluding ortho intramolecular Hbond substituents is 1. The molecule has 0 saturated carbocycles. The van der Waals surface area contributed by atoms with Gasteiger partial charge in [0.25, 0.3) is 5.97 Å². The van der Waals surface area contributed by atoms with E-state index in [9.17, 15) is 5.11 Å². The van der Waals surface area contributed by atoms with E-state index in [0.29, 0.717) is 10.0 Å². The number of aromatic hydroxyl groups is 1. The molecule has 0 saturated heterocycles. The molecule has 0 bridgehead atoms. The summed E-state index contributed by atoms with van der Waals surface area (Å²) in [5.41, 5.74) is 0.557. The van der Waals surface area contributed by atoms with E-state index < -0.39 is 5.97 Å². The molecule has 0 spiro atoms. The van der Waals surface area contributed by atoms with Crippen LogP contribution in [0.3, 0.4) is 0 Å². The van der Waals surface area contributed by atoms with E-state index in [1.807, 2.05) is 0 Å². The van der Waals surface area contributed by atoms with Crippen molar-refractivity contribution in [3.63, 3.8) is 0 Å². The lowest BCUT2D eigenvalue weighted by atomic mass is 10.2. The van der Waals surface area contributed by atoms with Crippen molar-refractivity contribution in [3.05, 3.63) is 10.0 Å². The van der Waals surface area contributed by atoms with Crippen LogP contribution in [0.2, 0.25) is 0 Å². The molecular formula is C14H21BrO8. The second-order valence-corrected chi connectivity index (χ2v) is 5.21. The van der Waals surface area contributed by atoms with Gasteiger partial charge in [0.1, 0.15) is 0 Å². The van der Waals surface area contributed by atoms with Crippen LogP contribution in [0, 0.1) is 6.92 Å². The van der Waals surface area contributed by atoms with Gasteiger partial charge in [-0.2, -0.15) is 4.89 Å². The molecule has 1 N–H and O–H groups in total. The summed E-state index contributed by atoms with van der Waals surface area (Å²) in [5.74, 6) is -0.823. The molecule has 9 heteroatoms. The van der Waals surface area contributed by atoms with Gasteiger partial charge in [-0.3, -0.25) is 4.74 Å². The van der Waals surface area contributed by atoms with E-state index in [2.05, 4.69) is 15.9 Å². The Bertz CT molecular complexity index is 530. The first-order valence-corrected chi connectivity index (χ1v) is 7.31. The van der Waals surface area contributed by atoms with Crippen LogP contribution in [0.15, 0.2) is 4.47 Å². The fourth-order valence-corrected chi connectivity index (χ4v) is 2.01. The van der Waals surface area contributed by atoms with E-state index in [0.717, 1.165) is 0 Å². The average molecular weight is 397 g/mol. The fourth-order valence-electron chi connectivity index (χ4n) is 1.65. The quantitative estimate of drug-likeness (QED) is 0.295. The Morgan fingerprint density at radius 3 is 2.04 bits per heavy atom. The number of methoxy groups -OCH3 is 4. The maximum Gasteiger partial charge on any atom is 0.281 e. The largest absolute Gasteiger partial charge is 0.503 e. The van der Waals surface area contributed by atoms with Crippen molar-refractivity contribution in [2.24, 2.45) is 0 Å². The van der Waals surface area contributed by atoms with Gasteiger partial charge in [0.05, 0.1) is 18.7 Å². The highest BCUT2D eigenvalue weighted by molar-refractivity contribution is 9.10. The van der Waals surface area contributed by atoms with Crippen molar-refractivity contribution < 1.29 is 38.6 Å². The van der Waals surface area contributed by atoms with Crippen LogP contribution in [-0.2, 0) is 19.1 Å². The number of halogens is 1. The van der Waals surface area contributed by atoms with Gasteiger partial charge in [-0.05, 0) is 22.9 Å². The monoisotopic (exact) mass is 396 g/mol. The predicted molar refractivity (Wildman–Crippen MR) is 83.7 cm³/mol. The van der Waals surface area contributed by atoms with E-state index in [-0.39, 0.29) is 29.8 Å². The highest BCUT2D eigenvalue weighted by Gasteiger charge is 2.26. The van der Waals surface area contributed by atoms with Crippen LogP contribution in [0.25, 0.3) is 0 Å². The highest BCUT2D eigenvalue weighted by Crippen LogP contribution is 2.50. The second kappa shape index (κ2) is 8.55. The lowest BCUT2D eigenvalue weighted by Crippen LogP contribution is -2.34. The number of ether oxygens (including phenoxy) is 5. The summed E-state index contributed by atoms with van der Waals surface area (Å²) < 4.78 is 26.0. The summed E-state index contributed by atoms with van der Waals surface area (Å²) in [6.07, 6.45) is 0. The average Bonchev–Trinajstić information content (AvgIpc) is 2.57. The number of phenols is 1. The van der Waals surface area contributed by atoms with Crippen molar-refractivity contribution in [2.75, 3.05) is 35.2 Å². The van der Waals surface area contributed by atoms with Gasteiger partial charge in [0.15, 0.2) is 12.5 Å². The van der Waals surface area contributed by atoms with Gasteiger partial charge in [-0.25, -0.2) is 0 Å². The smallest absolute Gasteiger partial charge is 0.281 e. The van der Waals surface area contributed by atoms with Crippen LogP contribution >= 0.6 is 15.9 Å². The maximum atomic E-state index is 10.1. The minimum absolute atomic E-state index is 0.100. The Labute approximate surface area is 143 Å². The first-order chi connectivity index (χ1) is 10.8. The zero-order valence-corrected chi connectivity index (χ0v) is 15.5. The van der Waals surface area contributed by atoms with Gasteiger partial charge < -0.3 is 28.9 Å². The molecule has 8 nitrogen and oxygen atoms in total. The Morgan fingerprint density at radius 2 is 1.57 bits per heavy atom. The first kappa shape index (κ1) is 19.8. The maximum absolute atomic E-state index is 10.1. The van der Waals surface area contributed by atoms with Crippen molar-refractivity contribution in [1.82, 2.24) is 0 Å². The molecule has 1 rings (SSSR count). The van der Waals surface area contributed by atoms with Gasteiger partial charge in [-0.1, -0.05) is 0 Å². The summed E-state index contributed by atoms with van der Waals surface area (Å²) >= 11 is 3.26. The molecule has 23 heavy (non-hydrogen) atoms. The number of rotatable bonds is 9. The van der Waals surface area contributed by atoms with Gasteiger partial charge in [0, 0.05) is 26.7 Å². The van der Waals surface area contributed by atoms with E-state index in [1.54, 1.807) is 13.8 Å². The molecule has 0 heterocycles. The van der Waals surface area contributed by atoms with Crippen molar-refractivity contribution in [2.45, 2.75) is 19.8 Å². The highest BCUT2D eigenvalue weighted by atomic mass is 79.9. The topological polar surface area (TPSA) is 84.8 Å². The van der Waals surface area contributed by atoms with Gasteiger partial charge in [0.2, 0.25) is 17.2 Å². The van der Waals surface area contributed by atoms with Crippen molar-refractivity contribution in [1.29, 1.82) is 0 Å². The molecule has 0 aliphatic rings. The van der Waals surface area contributed by atoms with Crippen LogP contribution in [0.5, 0.6) is 23.0 Å². The zero-order valence-electron chi connectivity index (χ0n) is 13.9. The standard InChI is InChI=1S/C14H21BrO8/c1-8-9(15)10(16)12(17-3)13(18-4)11(8)23-22-7-21-14(2,19-5)20-6/h16H,7H2,1-6H3. The Morgan fingerprint density at radius 1 is 1.00 bits per heavy atom. The molecule has 0 aliphatic heterocycles. The molecule has 0 aromatic heterocycles. The molecule has 1 aromatic carbocycles. The molecule has 132 valence electrons. The third-order valence-corrected chi connectivity index (χ3v) is 4.14. The number of hydrogen-bond donors (Lipinski definition) is 1. The molecule has 0 amide bonds. The predicted octanol–water partition coefficient (Wildman–Crippen LogP) is 2.73. The minimum atomic E-state index is -1.25. The first-order valence-electron chi connectivity index (χ1n) is 6.51. The van der Waals surface area contributed by atoms with Crippen LogP contribution in [0.4, 0.5) is 0 Å². The molecule has 0 aliphatic carbocycles. The summed E-state index contributed by atoms with van der Waals surface area (Å²) in [4.78, 5) is 10.3. The SMILES string of the molecule is COc1c(O)c(Br)c(C)c(OOCOC(C)(OC)OC)c1OC. The van der Waals surface area contributed by atoms with E-state index in [1.165, 1.54) is 28.4 Å². The molecule has 0 radical (unpaired) electrons. The van der Waals surface area contributed by atoms with Gasteiger partial charge in [-0.15, -0.1) is 0 Å². The minimum Gasteiger partial charge on any atom is -0.503 e. The third-order valence-electron chi connectivity index (χ3n) is 3.17. The molecule has 0 unspecified atom stereocenters. The molecule has 0 fully saturated rings. The molecule has 1 aromatic rings. The summed E-state index contributed by atoms with van der Waals surface area (Å²) in [6.45, 7) is 3.00. The van der Waals surface area contributed by atoms with Crippen LogP contribution < -0.4 is 14.4 Å². The third kappa shape index (κ3) is 4.39. The lowest BCUT2D eigenvalue weighted by Gasteiger charge is -2.25. The molecular weight excluding hydrogens is 376 g/mol. The van der Waals surface area contributed by atoms with Crippen LogP contribution in [0.1, 0.15) is 12.5 Å². The van der Waals surface area contributed by atoms with Crippen LogP contribution in [-0.4, -0.2) is 46.3 Å². The lowest BCUT2D eigenvalue weighted by molar-refractivity contribution is -0.400. The second-order valence-electron chi connectivity index (χ2n) is 4.42. The number of hydrogen-bond acceptors (Lipinski definition) is 8. The Kier molecular flexibility index (Phi) is 7.36. The summed E-state index contributed by atoms with van der Waals surface area (Å²) in [6, 6.07) is 0. The van der Waals surface area contributed by atoms with E-state index >= 15 is 0 Å². The van der Waals surface area contributed by atoms with E-state index in [4.69, 9.17) is 33.5 Å². The Balaban J connectivity index is 2.90. The zero-order chi connectivity index (χ0) is 17.6.